The first-order chi connectivity index (χ1) is 10.7. The third-order valence-corrected chi connectivity index (χ3v) is 3.46. The summed E-state index contributed by atoms with van der Waals surface area (Å²) >= 11 is 0. The first-order valence-electron chi connectivity index (χ1n) is 7.04. The second-order valence-corrected chi connectivity index (χ2v) is 4.97. The van der Waals surface area contributed by atoms with Crippen molar-refractivity contribution in [2.75, 3.05) is 0 Å². The van der Waals surface area contributed by atoms with E-state index in [2.05, 4.69) is 5.16 Å². The highest BCUT2D eigenvalue weighted by atomic mass is 16.5. The van der Waals surface area contributed by atoms with Crippen LogP contribution in [0.3, 0.4) is 0 Å². The lowest BCUT2D eigenvalue weighted by molar-refractivity contribution is -0.305. The number of aliphatic carboxylic acids is 1. The molecular weight excluding hydrogens is 278 g/mol. The first kappa shape index (κ1) is 14.1. The highest BCUT2D eigenvalue weighted by Gasteiger charge is 2.11. The van der Waals surface area contributed by atoms with Crippen molar-refractivity contribution in [2.45, 2.75) is 12.8 Å². The maximum absolute atomic E-state index is 10.7. The normalized spacial score (nSPS) is 10.5. The Bertz CT molecular complexity index is 778. The number of carboxylic acid groups (broad SMARTS) is 1. The number of hydrogen-bond acceptors (Lipinski definition) is 4. The van der Waals surface area contributed by atoms with Gasteiger partial charge in [0.05, 0.1) is 0 Å². The van der Waals surface area contributed by atoms with Crippen molar-refractivity contribution >= 4 is 5.97 Å². The molecule has 0 bridgehead atoms. The van der Waals surface area contributed by atoms with E-state index >= 15 is 0 Å². The van der Waals surface area contributed by atoms with Gasteiger partial charge >= 0.3 is 0 Å². The van der Waals surface area contributed by atoms with Gasteiger partial charge in [-0.25, -0.2) is 0 Å². The summed E-state index contributed by atoms with van der Waals surface area (Å²) in [7, 11) is 0. The summed E-state index contributed by atoms with van der Waals surface area (Å²) in [5.41, 5.74) is 3.45. The molecular formula is C18H14NO3-. The molecule has 4 heteroatoms. The average Bonchev–Trinajstić information content (AvgIpc) is 3.04. The Morgan fingerprint density at radius 1 is 1.05 bits per heavy atom. The molecule has 3 aromatic rings. The zero-order chi connectivity index (χ0) is 15.4. The fourth-order valence-electron chi connectivity index (χ4n) is 2.37. The lowest BCUT2D eigenvalue weighted by atomic mass is 10.00. The summed E-state index contributed by atoms with van der Waals surface area (Å²) in [6.07, 6.45) is 0.395. The Balaban J connectivity index is 1.92. The third kappa shape index (κ3) is 3.06. The molecule has 22 heavy (non-hydrogen) atoms. The molecule has 110 valence electrons. The maximum atomic E-state index is 10.7. The van der Waals surface area contributed by atoms with Crippen LogP contribution in [0.25, 0.3) is 22.6 Å². The van der Waals surface area contributed by atoms with Gasteiger partial charge in [0.1, 0.15) is 5.69 Å². The van der Waals surface area contributed by atoms with Gasteiger partial charge in [-0.05, 0) is 18.4 Å². The highest BCUT2D eigenvalue weighted by molar-refractivity contribution is 5.70. The minimum absolute atomic E-state index is 0.0135. The van der Waals surface area contributed by atoms with E-state index in [0.717, 1.165) is 16.7 Å². The van der Waals surface area contributed by atoms with Gasteiger partial charge in [-0.15, -0.1) is 0 Å². The van der Waals surface area contributed by atoms with E-state index in [-0.39, 0.29) is 6.42 Å². The lowest BCUT2D eigenvalue weighted by Gasteiger charge is -2.07. The maximum Gasteiger partial charge on any atom is 0.167 e. The smallest absolute Gasteiger partial charge is 0.167 e. The van der Waals surface area contributed by atoms with Crippen LogP contribution >= 0.6 is 0 Å². The summed E-state index contributed by atoms with van der Waals surface area (Å²) in [5, 5.41) is 14.8. The number of benzene rings is 2. The van der Waals surface area contributed by atoms with Gasteiger partial charge in [0.15, 0.2) is 5.76 Å². The van der Waals surface area contributed by atoms with Crippen LogP contribution in [-0.4, -0.2) is 11.1 Å². The van der Waals surface area contributed by atoms with Crippen LogP contribution in [0.2, 0.25) is 0 Å². The molecule has 0 radical (unpaired) electrons. The minimum atomic E-state index is -1.06. The Hall–Kier alpha value is -2.88. The molecule has 0 aliphatic heterocycles. The van der Waals surface area contributed by atoms with Gasteiger partial charge in [0.2, 0.25) is 0 Å². The van der Waals surface area contributed by atoms with Gasteiger partial charge in [-0.3, -0.25) is 0 Å². The second-order valence-electron chi connectivity index (χ2n) is 4.97. The molecule has 0 spiro atoms. The van der Waals surface area contributed by atoms with E-state index in [4.69, 9.17) is 4.52 Å². The molecule has 1 aromatic heterocycles. The summed E-state index contributed by atoms with van der Waals surface area (Å²) in [6, 6.07) is 19.2. The molecule has 0 unspecified atom stereocenters. The van der Waals surface area contributed by atoms with E-state index < -0.39 is 5.97 Å². The van der Waals surface area contributed by atoms with E-state index in [1.165, 1.54) is 0 Å². The number of nitrogens with zero attached hydrogens (tertiary/aromatic N) is 1. The van der Waals surface area contributed by atoms with Crippen molar-refractivity contribution in [3.63, 3.8) is 0 Å². The van der Waals surface area contributed by atoms with Crippen LogP contribution in [0.1, 0.15) is 12.0 Å². The van der Waals surface area contributed by atoms with Gasteiger partial charge in [-0.1, -0.05) is 59.8 Å². The van der Waals surface area contributed by atoms with E-state index in [9.17, 15) is 9.90 Å². The number of carboxylic acids is 1. The van der Waals surface area contributed by atoms with Gasteiger partial charge in [-0.2, -0.15) is 0 Å². The predicted octanol–water partition coefficient (Wildman–Crippen LogP) is 2.69. The molecule has 0 atom stereocenters. The minimum Gasteiger partial charge on any atom is -0.550 e. The first-order valence-corrected chi connectivity index (χ1v) is 7.04. The molecule has 4 nitrogen and oxygen atoms in total. The molecule has 0 fully saturated rings. The van der Waals surface area contributed by atoms with Crippen LogP contribution in [0, 0.1) is 0 Å². The molecule has 3 rings (SSSR count). The summed E-state index contributed by atoms with van der Waals surface area (Å²) in [4.78, 5) is 10.7. The number of rotatable bonds is 5. The number of aromatic nitrogens is 1. The summed E-state index contributed by atoms with van der Waals surface area (Å²) < 4.78 is 5.41. The lowest BCUT2D eigenvalue weighted by Crippen LogP contribution is -2.22. The fourth-order valence-corrected chi connectivity index (χ4v) is 2.37. The van der Waals surface area contributed by atoms with Crippen LogP contribution in [0.5, 0.6) is 0 Å². The summed E-state index contributed by atoms with van der Waals surface area (Å²) in [5.74, 6) is -0.370. The Morgan fingerprint density at radius 3 is 2.55 bits per heavy atom. The Labute approximate surface area is 128 Å². The Morgan fingerprint density at radius 2 is 1.77 bits per heavy atom. The van der Waals surface area contributed by atoms with Crippen molar-refractivity contribution in [3.05, 3.63) is 66.2 Å². The zero-order valence-corrected chi connectivity index (χ0v) is 11.9. The molecule has 1 heterocycles. The molecule has 0 saturated heterocycles. The van der Waals surface area contributed by atoms with Crippen LogP contribution in [0.4, 0.5) is 0 Å². The number of aryl methyl sites for hydroxylation is 1. The third-order valence-electron chi connectivity index (χ3n) is 3.46. The largest absolute Gasteiger partial charge is 0.550 e. The van der Waals surface area contributed by atoms with E-state index in [1.54, 1.807) is 0 Å². The monoisotopic (exact) mass is 292 g/mol. The summed E-state index contributed by atoms with van der Waals surface area (Å²) in [6.45, 7) is 0. The predicted molar refractivity (Wildman–Crippen MR) is 80.7 cm³/mol. The van der Waals surface area contributed by atoms with Crippen molar-refractivity contribution in [3.8, 4) is 22.6 Å². The Kier molecular flexibility index (Phi) is 4.01. The van der Waals surface area contributed by atoms with Gasteiger partial charge in [0.25, 0.3) is 0 Å². The van der Waals surface area contributed by atoms with E-state index in [0.29, 0.717) is 17.9 Å². The fraction of sp³-hybridized carbons (Fsp3) is 0.111. The van der Waals surface area contributed by atoms with Gasteiger partial charge in [0, 0.05) is 23.2 Å². The molecule has 0 amide bonds. The zero-order valence-electron chi connectivity index (χ0n) is 11.9. The quantitative estimate of drug-likeness (QED) is 0.725. The molecule has 0 aliphatic rings. The number of hydrogen-bond donors (Lipinski definition) is 0. The standard InChI is InChI=1S/C18H15NO3/c20-18(21)11-10-13-6-4-5-9-15(13)16-12-17(22-19-16)14-7-2-1-3-8-14/h1-9,12H,10-11H2,(H,20,21)/p-1. The van der Waals surface area contributed by atoms with Crippen LogP contribution < -0.4 is 5.11 Å². The van der Waals surface area contributed by atoms with Gasteiger partial charge < -0.3 is 14.4 Å². The molecule has 2 aromatic carbocycles. The van der Waals surface area contributed by atoms with Crippen molar-refractivity contribution in [1.82, 2.24) is 5.16 Å². The molecule has 0 N–H and O–H groups in total. The number of carbonyl (C=O) groups is 1. The molecule has 0 saturated carbocycles. The molecule has 0 aliphatic carbocycles. The SMILES string of the molecule is O=C([O-])CCc1ccccc1-c1cc(-c2ccccc2)on1. The number of carbonyl (C=O) groups excluding carboxylic acids is 1. The average molecular weight is 292 g/mol. The van der Waals surface area contributed by atoms with Crippen LogP contribution in [0.15, 0.2) is 65.2 Å². The van der Waals surface area contributed by atoms with Crippen molar-refractivity contribution in [2.24, 2.45) is 0 Å². The van der Waals surface area contributed by atoms with E-state index in [1.807, 2.05) is 60.7 Å². The topological polar surface area (TPSA) is 66.2 Å². The van der Waals surface area contributed by atoms with Crippen LogP contribution in [-0.2, 0) is 11.2 Å². The van der Waals surface area contributed by atoms with Crippen molar-refractivity contribution in [1.29, 1.82) is 0 Å². The second kappa shape index (κ2) is 6.26. The van der Waals surface area contributed by atoms with Crippen molar-refractivity contribution < 1.29 is 14.4 Å². The highest BCUT2D eigenvalue weighted by Crippen LogP contribution is 2.28.